The van der Waals surface area contributed by atoms with Crippen LogP contribution < -0.4 is 22.5 Å². The largest absolute Gasteiger partial charge is 0.328 e. The normalized spacial score (nSPS) is 10.3. The minimum atomic E-state index is -0.491. The second-order valence-electron chi connectivity index (χ2n) is 4.37. The van der Waals surface area contributed by atoms with E-state index in [-0.39, 0.29) is 6.54 Å². The number of benzene rings is 1. The number of nitrogens with two attached hydrogens (primary N) is 1. The van der Waals surface area contributed by atoms with Crippen LogP contribution in [-0.4, -0.2) is 15.5 Å². The third-order valence-electron chi connectivity index (χ3n) is 2.86. The van der Waals surface area contributed by atoms with E-state index in [0.717, 1.165) is 5.56 Å². The van der Waals surface area contributed by atoms with Gasteiger partial charge in [-0.15, -0.1) is 0 Å². The summed E-state index contributed by atoms with van der Waals surface area (Å²) in [6.45, 7) is 1.87. The number of nitrogens with zero attached hydrogens (tertiary/aromatic N) is 1. The van der Waals surface area contributed by atoms with E-state index >= 15 is 0 Å². The predicted molar refractivity (Wildman–Crippen MR) is 73.3 cm³/mol. The molecule has 1 heterocycles. The van der Waals surface area contributed by atoms with Crippen molar-refractivity contribution in [2.45, 2.75) is 13.5 Å². The first-order chi connectivity index (χ1) is 9.51. The third kappa shape index (κ3) is 2.83. The van der Waals surface area contributed by atoms with Gasteiger partial charge in [0.25, 0.3) is 11.5 Å². The summed E-state index contributed by atoms with van der Waals surface area (Å²) in [5.41, 5.74) is 2.75. The van der Waals surface area contributed by atoms with Gasteiger partial charge in [0.15, 0.2) is 0 Å². The van der Waals surface area contributed by atoms with Crippen LogP contribution in [0, 0.1) is 6.92 Å². The first-order valence-corrected chi connectivity index (χ1v) is 5.91. The Labute approximate surface area is 114 Å². The molecule has 0 saturated carbocycles. The maximum Gasteiger partial charge on any atom is 0.328 e. The van der Waals surface area contributed by atoms with Crippen molar-refractivity contribution in [2.75, 3.05) is 0 Å². The van der Waals surface area contributed by atoms with Crippen molar-refractivity contribution in [1.29, 1.82) is 0 Å². The van der Waals surface area contributed by atoms with Crippen LogP contribution in [0.1, 0.15) is 21.5 Å². The fraction of sp³-hybridized carbons (Fsp3) is 0.154. The summed E-state index contributed by atoms with van der Waals surface area (Å²) in [4.78, 5) is 36.6. The van der Waals surface area contributed by atoms with Gasteiger partial charge in [0.2, 0.25) is 0 Å². The summed E-state index contributed by atoms with van der Waals surface area (Å²) >= 11 is 0. The molecule has 0 bridgehead atoms. The van der Waals surface area contributed by atoms with E-state index in [0.29, 0.717) is 11.1 Å². The number of hydrazine groups is 1. The van der Waals surface area contributed by atoms with Crippen molar-refractivity contribution in [3.05, 3.63) is 68.0 Å². The molecule has 0 atom stereocenters. The number of hydrogen-bond donors (Lipinski definition) is 3. The second-order valence-corrected chi connectivity index (χ2v) is 4.37. The Hall–Kier alpha value is -2.67. The minimum Gasteiger partial charge on any atom is -0.296 e. The molecule has 0 aliphatic carbocycles. The molecule has 0 unspecified atom stereocenters. The number of aromatic nitrogens is 2. The number of amides is 1. The number of carbonyl (C=O) groups excluding carboxylic acids is 1. The van der Waals surface area contributed by atoms with Crippen LogP contribution in [0.2, 0.25) is 0 Å². The van der Waals surface area contributed by atoms with Gasteiger partial charge in [-0.2, -0.15) is 0 Å². The summed E-state index contributed by atoms with van der Waals surface area (Å²) in [6, 6.07) is 6.73. The Bertz CT molecular complexity index is 761. The number of carbonyl (C=O) groups is 1. The number of aryl methyl sites for hydroxylation is 1. The molecule has 1 amide bonds. The van der Waals surface area contributed by atoms with E-state index < -0.39 is 17.2 Å². The zero-order chi connectivity index (χ0) is 14.7. The summed E-state index contributed by atoms with van der Waals surface area (Å²) in [5.74, 6) is 4.67. The van der Waals surface area contributed by atoms with E-state index in [2.05, 4.69) is 4.98 Å². The lowest BCUT2D eigenvalue weighted by molar-refractivity contribution is 0.0953. The second kappa shape index (κ2) is 5.54. The van der Waals surface area contributed by atoms with Gasteiger partial charge in [-0.1, -0.05) is 12.1 Å². The quantitative estimate of drug-likeness (QED) is 0.398. The van der Waals surface area contributed by atoms with Gasteiger partial charge in [0, 0.05) is 17.3 Å². The molecule has 7 heteroatoms. The Morgan fingerprint density at radius 2 is 2.15 bits per heavy atom. The fourth-order valence-corrected chi connectivity index (χ4v) is 1.83. The highest BCUT2D eigenvalue weighted by Gasteiger charge is 2.06. The molecule has 0 radical (unpaired) electrons. The Morgan fingerprint density at radius 1 is 1.40 bits per heavy atom. The average Bonchev–Trinajstić information content (AvgIpc) is 2.44. The van der Waals surface area contributed by atoms with E-state index in [4.69, 9.17) is 5.84 Å². The lowest BCUT2D eigenvalue weighted by Crippen LogP contribution is -2.31. The van der Waals surface area contributed by atoms with Crippen molar-refractivity contribution in [3.63, 3.8) is 0 Å². The Morgan fingerprint density at radius 3 is 2.85 bits per heavy atom. The van der Waals surface area contributed by atoms with Crippen LogP contribution in [0.5, 0.6) is 0 Å². The van der Waals surface area contributed by atoms with Crippen LogP contribution in [0.15, 0.2) is 40.1 Å². The summed E-state index contributed by atoms with van der Waals surface area (Å²) < 4.78 is 1.37. The van der Waals surface area contributed by atoms with Crippen LogP contribution in [0.25, 0.3) is 0 Å². The summed E-state index contributed by atoms with van der Waals surface area (Å²) in [5, 5.41) is 0. The van der Waals surface area contributed by atoms with E-state index in [9.17, 15) is 14.4 Å². The highest BCUT2D eigenvalue weighted by Crippen LogP contribution is 2.06. The van der Waals surface area contributed by atoms with E-state index in [1.165, 1.54) is 10.8 Å². The molecule has 1 aromatic carbocycles. The first-order valence-electron chi connectivity index (χ1n) is 5.91. The van der Waals surface area contributed by atoms with Gasteiger partial charge in [-0.3, -0.25) is 24.6 Å². The van der Waals surface area contributed by atoms with Gasteiger partial charge < -0.3 is 0 Å². The number of nitrogen functional groups attached to an aromatic ring is 1. The highest BCUT2D eigenvalue weighted by atomic mass is 16.2. The Balaban J connectivity index is 2.36. The Kier molecular flexibility index (Phi) is 3.81. The lowest BCUT2D eigenvalue weighted by atomic mass is 10.1. The molecule has 0 aliphatic heterocycles. The molecule has 0 saturated heterocycles. The minimum absolute atomic E-state index is 0.252. The van der Waals surface area contributed by atoms with Gasteiger partial charge in [-0.25, -0.2) is 10.6 Å². The van der Waals surface area contributed by atoms with Gasteiger partial charge in [0.1, 0.15) is 0 Å². The SMILES string of the molecule is Cc1cn(Cc2cccc(C(=O)NN)c2)c(=O)[nH]c1=O. The van der Waals surface area contributed by atoms with Gasteiger partial charge in [0.05, 0.1) is 6.54 Å². The molecule has 104 valence electrons. The van der Waals surface area contributed by atoms with E-state index in [1.807, 2.05) is 5.43 Å². The average molecular weight is 274 g/mol. The smallest absolute Gasteiger partial charge is 0.296 e. The monoisotopic (exact) mass is 274 g/mol. The number of H-pyrrole nitrogens is 1. The number of rotatable bonds is 3. The molecule has 1 aromatic heterocycles. The van der Waals surface area contributed by atoms with Crippen LogP contribution in [0.4, 0.5) is 0 Å². The van der Waals surface area contributed by atoms with Crippen LogP contribution in [-0.2, 0) is 6.54 Å². The first kappa shape index (κ1) is 13.8. The molecular formula is C13H14N4O3. The number of aromatic amines is 1. The fourth-order valence-electron chi connectivity index (χ4n) is 1.83. The predicted octanol–water partition coefficient (Wildman–Crippen LogP) is -0.503. The molecule has 4 N–H and O–H groups in total. The standard InChI is InChI=1S/C13H14N4O3/c1-8-6-17(13(20)15-11(8)18)7-9-3-2-4-10(5-9)12(19)16-14/h2-6H,7,14H2,1H3,(H,16,19)(H,15,18,20). The molecule has 0 spiro atoms. The molecule has 20 heavy (non-hydrogen) atoms. The zero-order valence-corrected chi connectivity index (χ0v) is 10.8. The van der Waals surface area contributed by atoms with Crippen molar-refractivity contribution in [1.82, 2.24) is 15.0 Å². The highest BCUT2D eigenvalue weighted by molar-refractivity contribution is 5.93. The molecule has 2 rings (SSSR count). The maximum atomic E-state index is 11.7. The molecule has 2 aromatic rings. The van der Waals surface area contributed by atoms with Crippen molar-refractivity contribution in [3.8, 4) is 0 Å². The molecule has 7 nitrogen and oxygen atoms in total. The van der Waals surface area contributed by atoms with Crippen LogP contribution in [0.3, 0.4) is 0 Å². The van der Waals surface area contributed by atoms with Gasteiger partial charge in [-0.05, 0) is 24.6 Å². The van der Waals surface area contributed by atoms with Crippen molar-refractivity contribution in [2.24, 2.45) is 5.84 Å². The summed E-state index contributed by atoms with van der Waals surface area (Å²) in [7, 11) is 0. The molecule has 0 fully saturated rings. The van der Waals surface area contributed by atoms with Gasteiger partial charge >= 0.3 is 5.69 Å². The van der Waals surface area contributed by atoms with E-state index in [1.54, 1.807) is 31.2 Å². The number of nitrogens with one attached hydrogen (secondary N) is 2. The molecule has 0 aliphatic rings. The topological polar surface area (TPSA) is 110 Å². The van der Waals surface area contributed by atoms with Crippen molar-refractivity contribution >= 4 is 5.91 Å². The lowest BCUT2D eigenvalue weighted by Gasteiger charge is -2.07. The van der Waals surface area contributed by atoms with Crippen LogP contribution >= 0.6 is 0 Å². The third-order valence-corrected chi connectivity index (χ3v) is 2.86. The van der Waals surface area contributed by atoms with Crippen molar-refractivity contribution < 1.29 is 4.79 Å². The number of hydrogen-bond acceptors (Lipinski definition) is 4. The molecular weight excluding hydrogens is 260 g/mol. The maximum absolute atomic E-state index is 11.7. The summed E-state index contributed by atoms with van der Waals surface area (Å²) in [6.07, 6.45) is 1.48. The zero-order valence-electron chi connectivity index (χ0n) is 10.8.